The number of pyridine rings is 1. The van der Waals surface area contributed by atoms with Gasteiger partial charge in [0.05, 0.1) is 23.6 Å². The van der Waals surface area contributed by atoms with Crippen molar-refractivity contribution in [3.8, 4) is 0 Å². The van der Waals surface area contributed by atoms with Crippen molar-refractivity contribution in [3.63, 3.8) is 0 Å². The molecule has 150 valence electrons. The van der Waals surface area contributed by atoms with Crippen LogP contribution in [0.3, 0.4) is 0 Å². The summed E-state index contributed by atoms with van der Waals surface area (Å²) < 4.78 is 11.5. The molecule has 0 fully saturated rings. The summed E-state index contributed by atoms with van der Waals surface area (Å²) in [7, 11) is 0. The van der Waals surface area contributed by atoms with E-state index in [1.54, 1.807) is 12.4 Å². The van der Waals surface area contributed by atoms with E-state index in [9.17, 15) is 4.79 Å². The van der Waals surface area contributed by atoms with E-state index >= 15 is 0 Å². The van der Waals surface area contributed by atoms with Gasteiger partial charge in [-0.3, -0.25) is 4.98 Å². The maximum atomic E-state index is 13.0. The van der Waals surface area contributed by atoms with Crippen LogP contribution >= 0.6 is 0 Å². The molecule has 1 aromatic heterocycles. The molecule has 3 rings (SSSR count). The Morgan fingerprint density at radius 1 is 1.36 bits per heavy atom. The van der Waals surface area contributed by atoms with E-state index in [-0.39, 0.29) is 23.3 Å². The first-order valence-electron chi connectivity index (χ1n) is 9.68. The van der Waals surface area contributed by atoms with Crippen molar-refractivity contribution in [1.29, 1.82) is 0 Å². The van der Waals surface area contributed by atoms with Crippen LogP contribution in [-0.2, 0) is 14.3 Å². The number of hydrogen-bond donors (Lipinski definition) is 1. The van der Waals surface area contributed by atoms with Crippen molar-refractivity contribution in [2.24, 2.45) is 10.9 Å². The molecule has 0 aliphatic carbocycles. The highest BCUT2D eigenvalue weighted by atomic mass is 16.5. The molecule has 0 amide bonds. The number of aliphatic imine (C=N–C) groups is 1. The maximum Gasteiger partial charge on any atom is 0.336 e. The normalized spacial score (nSPS) is 21.4. The molecule has 28 heavy (non-hydrogen) atoms. The molecule has 0 saturated heterocycles. The molecule has 0 saturated carbocycles. The number of carbonyl (C=O) groups is 1. The van der Waals surface area contributed by atoms with E-state index in [1.165, 1.54) is 0 Å². The Morgan fingerprint density at radius 3 is 2.68 bits per heavy atom. The average molecular weight is 383 g/mol. The number of rotatable bonds is 5. The van der Waals surface area contributed by atoms with Crippen LogP contribution in [0.5, 0.6) is 0 Å². The van der Waals surface area contributed by atoms with Crippen LogP contribution in [0.1, 0.15) is 53.0 Å². The summed E-state index contributed by atoms with van der Waals surface area (Å²) in [5.74, 6) is 0.168. The number of esters is 1. The number of aromatic nitrogens is 1. The first-order valence-corrected chi connectivity index (χ1v) is 9.68. The van der Waals surface area contributed by atoms with Gasteiger partial charge in [-0.25, -0.2) is 9.79 Å². The summed E-state index contributed by atoms with van der Waals surface area (Å²) in [5, 5.41) is 3.33. The molecule has 2 aliphatic heterocycles. The third kappa shape index (κ3) is 4.11. The Kier molecular flexibility index (Phi) is 5.59. The van der Waals surface area contributed by atoms with Gasteiger partial charge in [-0.1, -0.05) is 19.9 Å². The molecule has 0 bridgehead atoms. The highest BCUT2D eigenvalue weighted by molar-refractivity contribution is 6.02. The second-order valence-electron chi connectivity index (χ2n) is 8.43. The molecule has 1 N–H and O–H groups in total. The van der Waals surface area contributed by atoms with Gasteiger partial charge in [0.15, 0.2) is 0 Å². The Labute approximate surface area is 166 Å². The number of nitrogens with zero attached hydrogens (tertiary/aromatic N) is 2. The fourth-order valence-corrected chi connectivity index (χ4v) is 3.47. The lowest BCUT2D eigenvalue weighted by Gasteiger charge is -2.31. The summed E-state index contributed by atoms with van der Waals surface area (Å²) in [6, 6.07) is 3.85. The van der Waals surface area contributed by atoms with Gasteiger partial charge in [0.25, 0.3) is 0 Å². The van der Waals surface area contributed by atoms with Crippen LogP contribution in [0, 0.1) is 5.92 Å². The molecule has 0 aromatic carbocycles. The Morgan fingerprint density at radius 2 is 2.11 bits per heavy atom. The molecule has 1 unspecified atom stereocenters. The topological polar surface area (TPSA) is 72.8 Å². The minimum Gasteiger partial charge on any atom is -0.475 e. The highest BCUT2D eigenvalue weighted by Gasteiger charge is 2.40. The lowest BCUT2D eigenvalue weighted by Crippen LogP contribution is -2.32. The molecule has 3 heterocycles. The Balaban J connectivity index is 2.09. The lowest BCUT2D eigenvalue weighted by molar-refractivity contribution is -0.140. The number of dihydropyridines is 1. The monoisotopic (exact) mass is 383 g/mol. The third-order valence-electron chi connectivity index (χ3n) is 4.74. The lowest BCUT2D eigenvalue weighted by atomic mass is 9.81. The number of hydrogen-bond acceptors (Lipinski definition) is 6. The quantitative estimate of drug-likeness (QED) is 0.785. The molecular weight excluding hydrogens is 354 g/mol. The summed E-state index contributed by atoms with van der Waals surface area (Å²) >= 11 is 0. The zero-order valence-corrected chi connectivity index (χ0v) is 17.5. The van der Waals surface area contributed by atoms with E-state index in [4.69, 9.17) is 14.5 Å². The average Bonchev–Trinajstić information content (AvgIpc) is 2.99. The highest BCUT2D eigenvalue weighted by Crippen LogP contribution is 2.40. The molecule has 6 nitrogen and oxygen atoms in total. The van der Waals surface area contributed by atoms with Crippen LogP contribution in [-0.4, -0.2) is 35.6 Å². The molecule has 0 spiro atoms. The molecule has 2 aliphatic rings. The Hall–Kier alpha value is -2.63. The number of carbonyl (C=O) groups excluding carboxylic acids is 1. The van der Waals surface area contributed by atoms with Gasteiger partial charge in [0.2, 0.25) is 5.90 Å². The van der Waals surface area contributed by atoms with E-state index in [1.807, 2.05) is 53.7 Å². The molecular formula is C22H29N3O3. The van der Waals surface area contributed by atoms with E-state index in [2.05, 4.69) is 10.3 Å². The summed E-state index contributed by atoms with van der Waals surface area (Å²) in [5.41, 5.74) is 3.75. The molecule has 1 atom stereocenters. The van der Waals surface area contributed by atoms with E-state index in [0.717, 1.165) is 22.5 Å². The van der Waals surface area contributed by atoms with Gasteiger partial charge < -0.3 is 14.8 Å². The van der Waals surface area contributed by atoms with Crippen LogP contribution in [0.4, 0.5) is 0 Å². The number of allylic oxidation sites excluding steroid dienone is 2. The maximum absolute atomic E-state index is 13.0. The van der Waals surface area contributed by atoms with E-state index < -0.39 is 0 Å². The first-order chi connectivity index (χ1) is 13.2. The van der Waals surface area contributed by atoms with Crippen LogP contribution in [0.15, 0.2) is 52.1 Å². The Bertz CT molecular complexity index is 851. The van der Waals surface area contributed by atoms with Crippen molar-refractivity contribution in [3.05, 3.63) is 52.6 Å². The predicted octanol–water partition coefficient (Wildman–Crippen LogP) is 3.72. The van der Waals surface area contributed by atoms with Gasteiger partial charge in [-0.2, -0.15) is 0 Å². The van der Waals surface area contributed by atoms with Gasteiger partial charge in [0.1, 0.15) is 6.61 Å². The van der Waals surface area contributed by atoms with Gasteiger partial charge in [-0.05, 0) is 45.2 Å². The fraction of sp³-hybridized carbons (Fsp3) is 0.500. The SMILES string of the molecule is CC1=C(C(=O)OCC(C)C)C(c2cccnc2)C(C2=NC(C)(C)CO2)=C(C)N1. The zero-order valence-electron chi connectivity index (χ0n) is 17.5. The first kappa shape index (κ1) is 20.1. The summed E-state index contributed by atoms with van der Waals surface area (Å²) in [6.45, 7) is 12.9. The molecule has 1 aromatic rings. The summed E-state index contributed by atoms with van der Waals surface area (Å²) in [6.07, 6.45) is 3.51. The van der Waals surface area contributed by atoms with E-state index in [0.29, 0.717) is 24.7 Å². The number of ether oxygens (including phenoxy) is 2. The fourth-order valence-electron chi connectivity index (χ4n) is 3.47. The second-order valence-corrected chi connectivity index (χ2v) is 8.43. The second kappa shape index (κ2) is 7.78. The van der Waals surface area contributed by atoms with Crippen LogP contribution in [0.2, 0.25) is 0 Å². The van der Waals surface area contributed by atoms with Gasteiger partial charge in [0, 0.05) is 29.4 Å². The van der Waals surface area contributed by atoms with Crippen molar-refractivity contribution in [1.82, 2.24) is 10.3 Å². The van der Waals surface area contributed by atoms with Crippen molar-refractivity contribution in [2.45, 2.75) is 53.0 Å². The third-order valence-corrected chi connectivity index (χ3v) is 4.74. The van der Waals surface area contributed by atoms with Crippen molar-refractivity contribution < 1.29 is 14.3 Å². The number of nitrogens with one attached hydrogen (secondary N) is 1. The smallest absolute Gasteiger partial charge is 0.336 e. The molecule has 6 heteroatoms. The minimum absolute atomic E-state index is 0.262. The van der Waals surface area contributed by atoms with Crippen molar-refractivity contribution in [2.75, 3.05) is 13.2 Å². The van der Waals surface area contributed by atoms with Gasteiger partial charge in [-0.15, -0.1) is 0 Å². The standard InChI is InChI=1S/C22H29N3O3/c1-13(2)11-27-21(26)18-15(4)24-14(3)17(20-25-22(5,6)12-28-20)19(18)16-8-7-9-23-10-16/h7-10,13,19,24H,11-12H2,1-6H3. The zero-order chi connectivity index (χ0) is 20.5. The summed E-state index contributed by atoms with van der Waals surface area (Å²) in [4.78, 5) is 22.1. The van der Waals surface area contributed by atoms with Crippen LogP contribution < -0.4 is 5.32 Å². The largest absolute Gasteiger partial charge is 0.475 e. The van der Waals surface area contributed by atoms with Gasteiger partial charge >= 0.3 is 5.97 Å². The molecule has 0 radical (unpaired) electrons. The predicted molar refractivity (Wildman–Crippen MR) is 109 cm³/mol. The minimum atomic E-state index is -0.345. The van der Waals surface area contributed by atoms with Crippen molar-refractivity contribution >= 4 is 11.9 Å². The van der Waals surface area contributed by atoms with Crippen LogP contribution in [0.25, 0.3) is 0 Å².